The summed E-state index contributed by atoms with van der Waals surface area (Å²) in [6.07, 6.45) is 1.99. The van der Waals surface area contributed by atoms with Crippen molar-refractivity contribution in [1.82, 2.24) is 0 Å². The second kappa shape index (κ2) is 3.26. The first-order valence-electron chi connectivity index (χ1n) is 4.67. The number of carbonyl (C=O) groups is 1. The van der Waals surface area contributed by atoms with Crippen molar-refractivity contribution >= 4 is 5.78 Å². The van der Waals surface area contributed by atoms with Gasteiger partial charge >= 0.3 is 0 Å². The summed E-state index contributed by atoms with van der Waals surface area (Å²) < 4.78 is 0. The molecule has 1 unspecified atom stereocenters. The Balaban J connectivity index is 2.39. The van der Waals surface area contributed by atoms with E-state index in [0.717, 1.165) is 11.1 Å². The van der Waals surface area contributed by atoms with Gasteiger partial charge in [-0.1, -0.05) is 43.0 Å². The number of hydrogen-bond donors (Lipinski definition) is 0. The number of rotatable bonds is 1. The van der Waals surface area contributed by atoms with E-state index in [1.54, 1.807) is 0 Å². The Morgan fingerprint density at radius 3 is 2.36 bits per heavy atom. The Hall–Kier alpha value is -1.63. The fraction of sp³-hybridized carbons (Fsp3) is 0.154. The molecule has 0 aromatic heterocycles. The van der Waals surface area contributed by atoms with Crippen LogP contribution in [0.4, 0.5) is 0 Å². The zero-order valence-corrected chi connectivity index (χ0v) is 8.16. The molecule has 0 spiro atoms. The summed E-state index contributed by atoms with van der Waals surface area (Å²) in [5, 5.41) is 0. The van der Waals surface area contributed by atoms with Crippen molar-refractivity contribution in [3.8, 4) is 0 Å². The van der Waals surface area contributed by atoms with E-state index in [1.165, 1.54) is 0 Å². The van der Waals surface area contributed by atoms with Crippen LogP contribution < -0.4 is 0 Å². The molecule has 1 aliphatic carbocycles. The molecule has 0 radical (unpaired) electrons. The van der Waals surface area contributed by atoms with Crippen molar-refractivity contribution in [3.05, 3.63) is 59.7 Å². The Morgan fingerprint density at radius 2 is 1.86 bits per heavy atom. The van der Waals surface area contributed by atoms with Crippen LogP contribution >= 0.6 is 0 Å². The molecule has 0 fully saturated rings. The zero-order valence-electron chi connectivity index (χ0n) is 8.16. The molecule has 2 rings (SSSR count). The standard InChI is InChI=1S/C13H12O/c1-9-8-12(13(14)10(9)2)11-6-4-3-5-7-11/h3-8,12H,2H2,1H3. The smallest absolute Gasteiger partial charge is 0.173 e. The van der Waals surface area contributed by atoms with Gasteiger partial charge in [-0.05, 0) is 18.1 Å². The molecule has 0 heterocycles. The third-order valence-electron chi connectivity index (χ3n) is 2.63. The molecule has 1 aromatic rings. The van der Waals surface area contributed by atoms with E-state index in [9.17, 15) is 4.79 Å². The van der Waals surface area contributed by atoms with Gasteiger partial charge in [0.1, 0.15) is 0 Å². The fourth-order valence-corrected chi connectivity index (χ4v) is 1.72. The summed E-state index contributed by atoms with van der Waals surface area (Å²) in [7, 11) is 0. The predicted octanol–water partition coefficient (Wildman–Crippen LogP) is 2.86. The first-order chi connectivity index (χ1) is 6.70. The maximum atomic E-state index is 11.8. The minimum absolute atomic E-state index is 0.108. The SMILES string of the molecule is C=C1C(=O)C(c2ccccc2)C=C1C. The monoisotopic (exact) mass is 184 g/mol. The van der Waals surface area contributed by atoms with Crippen molar-refractivity contribution in [1.29, 1.82) is 0 Å². The van der Waals surface area contributed by atoms with Gasteiger partial charge in [-0.25, -0.2) is 0 Å². The van der Waals surface area contributed by atoms with Gasteiger partial charge in [0.15, 0.2) is 5.78 Å². The lowest BCUT2D eigenvalue weighted by molar-refractivity contribution is -0.115. The van der Waals surface area contributed by atoms with E-state index in [1.807, 2.05) is 43.3 Å². The second-order valence-electron chi connectivity index (χ2n) is 3.58. The first kappa shape index (κ1) is 8.95. The van der Waals surface area contributed by atoms with E-state index in [2.05, 4.69) is 6.58 Å². The zero-order chi connectivity index (χ0) is 10.1. The van der Waals surface area contributed by atoms with Crippen LogP contribution in [-0.2, 0) is 4.79 Å². The maximum absolute atomic E-state index is 11.8. The lowest BCUT2D eigenvalue weighted by Crippen LogP contribution is -2.05. The van der Waals surface area contributed by atoms with Gasteiger partial charge in [-0.15, -0.1) is 0 Å². The van der Waals surface area contributed by atoms with Gasteiger partial charge in [0.25, 0.3) is 0 Å². The molecule has 1 aromatic carbocycles. The van der Waals surface area contributed by atoms with Gasteiger partial charge < -0.3 is 0 Å². The number of carbonyl (C=O) groups excluding carboxylic acids is 1. The number of hydrogen-bond acceptors (Lipinski definition) is 1. The van der Waals surface area contributed by atoms with E-state index in [4.69, 9.17) is 0 Å². The summed E-state index contributed by atoms with van der Waals surface area (Å²) in [4.78, 5) is 11.8. The molecule has 1 heteroatoms. The minimum Gasteiger partial charge on any atom is -0.293 e. The Bertz CT molecular complexity index is 412. The molecule has 70 valence electrons. The van der Waals surface area contributed by atoms with Crippen LogP contribution in [0.25, 0.3) is 0 Å². The van der Waals surface area contributed by atoms with Crippen LogP contribution in [0.2, 0.25) is 0 Å². The summed E-state index contributed by atoms with van der Waals surface area (Å²) >= 11 is 0. The molecule has 1 aliphatic rings. The lowest BCUT2D eigenvalue weighted by Gasteiger charge is -2.05. The molecule has 0 saturated carbocycles. The van der Waals surface area contributed by atoms with Crippen LogP contribution in [0.3, 0.4) is 0 Å². The van der Waals surface area contributed by atoms with E-state index < -0.39 is 0 Å². The highest BCUT2D eigenvalue weighted by atomic mass is 16.1. The molecule has 0 bridgehead atoms. The Morgan fingerprint density at radius 1 is 1.21 bits per heavy atom. The average molecular weight is 184 g/mol. The van der Waals surface area contributed by atoms with Gasteiger partial charge in [-0.3, -0.25) is 4.79 Å². The summed E-state index contributed by atoms with van der Waals surface area (Å²) in [5.74, 6) is 0.0254. The fourth-order valence-electron chi connectivity index (χ4n) is 1.72. The van der Waals surface area contributed by atoms with Crippen LogP contribution in [0.5, 0.6) is 0 Å². The molecule has 0 amide bonds. The highest BCUT2D eigenvalue weighted by Gasteiger charge is 2.27. The maximum Gasteiger partial charge on any atom is 0.173 e. The number of Topliss-reactive ketones (excluding diaryl/α,β-unsaturated/α-hetero) is 1. The molecule has 0 saturated heterocycles. The van der Waals surface area contributed by atoms with Crippen molar-refractivity contribution < 1.29 is 4.79 Å². The van der Waals surface area contributed by atoms with Crippen LogP contribution in [0, 0.1) is 0 Å². The highest BCUT2D eigenvalue weighted by Crippen LogP contribution is 2.31. The number of benzene rings is 1. The van der Waals surface area contributed by atoms with Crippen molar-refractivity contribution in [2.45, 2.75) is 12.8 Å². The van der Waals surface area contributed by atoms with E-state index in [0.29, 0.717) is 5.57 Å². The summed E-state index contributed by atoms with van der Waals surface area (Å²) in [6, 6.07) is 9.81. The third-order valence-corrected chi connectivity index (χ3v) is 2.63. The normalized spacial score (nSPS) is 21.2. The lowest BCUT2D eigenvalue weighted by atomic mass is 9.97. The molecule has 0 N–H and O–H groups in total. The summed E-state index contributed by atoms with van der Waals surface area (Å²) in [6.45, 7) is 5.71. The molecule has 1 nitrogen and oxygen atoms in total. The minimum atomic E-state index is -0.108. The molecule has 14 heavy (non-hydrogen) atoms. The Kier molecular flexibility index (Phi) is 2.08. The second-order valence-corrected chi connectivity index (χ2v) is 3.58. The van der Waals surface area contributed by atoms with E-state index >= 15 is 0 Å². The predicted molar refractivity (Wildman–Crippen MR) is 57.1 cm³/mol. The quantitative estimate of drug-likeness (QED) is 0.613. The van der Waals surface area contributed by atoms with Gasteiger partial charge in [0.05, 0.1) is 5.92 Å². The Labute approximate surface area is 83.8 Å². The van der Waals surface area contributed by atoms with Crippen molar-refractivity contribution in [2.24, 2.45) is 0 Å². The van der Waals surface area contributed by atoms with Gasteiger partial charge in [-0.2, -0.15) is 0 Å². The first-order valence-corrected chi connectivity index (χ1v) is 4.67. The topological polar surface area (TPSA) is 17.1 Å². The van der Waals surface area contributed by atoms with Crippen LogP contribution in [0.15, 0.2) is 54.1 Å². The molecular formula is C13H12O. The third kappa shape index (κ3) is 1.31. The molecule has 1 atom stereocenters. The van der Waals surface area contributed by atoms with E-state index in [-0.39, 0.29) is 11.7 Å². The highest BCUT2D eigenvalue weighted by molar-refractivity contribution is 6.07. The molecular weight excluding hydrogens is 172 g/mol. The van der Waals surface area contributed by atoms with Crippen molar-refractivity contribution in [2.75, 3.05) is 0 Å². The van der Waals surface area contributed by atoms with Gasteiger partial charge in [0, 0.05) is 5.57 Å². The largest absolute Gasteiger partial charge is 0.293 e. The average Bonchev–Trinajstić information content (AvgIpc) is 2.47. The number of ketones is 1. The van der Waals surface area contributed by atoms with Crippen molar-refractivity contribution in [3.63, 3.8) is 0 Å². The van der Waals surface area contributed by atoms with Gasteiger partial charge in [0.2, 0.25) is 0 Å². The molecule has 0 aliphatic heterocycles. The number of allylic oxidation sites excluding steroid dienone is 3. The summed E-state index contributed by atoms with van der Waals surface area (Å²) in [5.41, 5.74) is 2.71. The van der Waals surface area contributed by atoms with Crippen LogP contribution in [-0.4, -0.2) is 5.78 Å². The van der Waals surface area contributed by atoms with Crippen LogP contribution in [0.1, 0.15) is 18.4 Å².